The lowest BCUT2D eigenvalue weighted by Gasteiger charge is -2.30. The first-order valence-electron chi connectivity index (χ1n) is 9.28. The SMILES string of the molecule is CC(=O)C1=C(C)Oc2ccc3ccccc3c2C1NS(=O)(=O)c1ccc(C)cc1. The van der Waals surface area contributed by atoms with Crippen LogP contribution >= 0.6 is 0 Å². The number of carbonyl (C=O) groups excluding carboxylic acids is 1. The number of nitrogens with one attached hydrogen (secondary N) is 1. The number of ketones is 1. The molecule has 3 aromatic rings. The number of rotatable bonds is 4. The second-order valence-electron chi connectivity index (χ2n) is 7.19. The number of ether oxygens (including phenoxy) is 1. The highest BCUT2D eigenvalue weighted by atomic mass is 32.2. The van der Waals surface area contributed by atoms with Gasteiger partial charge >= 0.3 is 0 Å². The predicted octanol–water partition coefficient (Wildman–Crippen LogP) is 4.42. The Hall–Kier alpha value is -2.96. The van der Waals surface area contributed by atoms with Crippen molar-refractivity contribution in [3.63, 3.8) is 0 Å². The lowest BCUT2D eigenvalue weighted by molar-refractivity contribution is -0.114. The van der Waals surface area contributed by atoms with E-state index in [0.29, 0.717) is 22.6 Å². The van der Waals surface area contributed by atoms with Crippen molar-refractivity contribution in [1.82, 2.24) is 4.72 Å². The van der Waals surface area contributed by atoms with Crippen LogP contribution in [-0.2, 0) is 14.8 Å². The Morgan fingerprint density at radius 1 is 0.966 bits per heavy atom. The highest BCUT2D eigenvalue weighted by Crippen LogP contribution is 2.42. The molecule has 5 nitrogen and oxygen atoms in total. The molecular formula is C23H21NO4S. The van der Waals surface area contributed by atoms with Crippen LogP contribution in [0.4, 0.5) is 0 Å². The Bertz CT molecular complexity index is 1260. The van der Waals surface area contributed by atoms with E-state index in [2.05, 4.69) is 4.72 Å². The Balaban J connectivity index is 1.91. The van der Waals surface area contributed by atoms with Crippen molar-refractivity contribution in [3.8, 4) is 5.75 Å². The van der Waals surface area contributed by atoms with Crippen LogP contribution in [-0.4, -0.2) is 14.2 Å². The lowest BCUT2D eigenvalue weighted by Crippen LogP contribution is -2.34. The predicted molar refractivity (Wildman–Crippen MR) is 112 cm³/mol. The Labute approximate surface area is 170 Å². The van der Waals surface area contributed by atoms with Gasteiger partial charge in [-0.25, -0.2) is 8.42 Å². The molecule has 0 saturated carbocycles. The van der Waals surface area contributed by atoms with Gasteiger partial charge in [0.1, 0.15) is 11.5 Å². The summed E-state index contributed by atoms with van der Waals surface area (Å²) in [5, 5.41) is 1.78. The fourth-order valence-electron chi connectivity index (χ4n) is 3.74. The molecule has 1 atom stereocenters. The number of fused-ring (bicyclic) bond motifs is 3. The summed E-state index contributed by atoms with van der Waals surface area (Å²) in [6.45, 7) is 5.00. The molecule has 0 aliphatic carbocycles. The molecule has 148 valence electrons. The van der Waals surface area contributed by atoms with E-state index >= 15 is 0 Å². The van der Waals surface area contributed by atoms with Crippen molar-refractivity contribution < 1.29 is 17.9 Å². The Morgan fingerprint density at radius 2 is 1.66 bits per heavy atom. The van der Waals surface area contributed by atoms with E-state index in [1.165, 1.54) is 6.92 Å². The monoisotopic (exact) mass is 407 g/mol. The second-order valence-corrected chi connectivity index (χ2v) is 8.91. The molecule has 6 heteroatoms. The van der Waals surface area contributed by atoms with E-state index in [-0.39, 0.29) is 10.7 Å². The Kier molecular flexibility index (Phi) is 4.76. The van der Waals surface area contributed by atoms with E-state index in [0.717, 1.165) is 16.3 Å². The molecule has 0 bridgehead atoms. The van der Waals surface area contributed by atoms with Gasteiger partial charge in [-0.3, -0.25) is 4.79 Å². The maximum Gasteiger partial charge on any atom is 0.241 e. The molecule has 0 aromatic heterocycles. The molecule has 1 aliphatic heterocycles. The number of aryl methyl sites for hydroxylation is 1. The van der Waals surface area contributed by atoms with Crippen LogP contribution in [0.15, 0.2) is 76.9 Å². The number of hydrogen-bond acceptors (Lipinski definition) is 4. The molecule has 1 unspecified atom stereocenters. The van der Waals surface area contributed by atoms with Crippen LogP contribution < -0.4 is 9.46 Å². The number of Topliss-reactive ketones (excluding diaryl/α,β-unsaturated/α-hetero) is 1. The van der Waals surface area contributed by atoms with Gasteiger partial charge in [-0.2, -0.15) is 4.72 Å². The fourth-order valence-corrected chi connectivity index (χ4v) is 4.92. The molecule has 1 N–H and O–H groups in total. The van der Waals surface area contributed by atoms with E-state index in [1.54, 1.807) is 31.2 Å². The Morgan fingerprint density at radius 3 is 2.34 bits per heavy atom. The normalized spacial score (nSPS) is 16.4. The summed E-state index contributed by atoms with van der Waals surface area (Å²) in [6, 6.07) is 17.2. The number of sulfonamides is 1. The van der Waals surface area contributed by atoms with Crippen molar-refractivity contribution >= 4 is 26.6 Å². The van der Waals surface area contributed by atoms with Gasteiger partial charge in [-0.05, 0) is 49.7 Å². The summed E-state index contributed by atoms with van der Waals surface area (Å²) >= 11 is 0. The molecular weight excluding hydrogens is 386 g/mol. The van der Waals surface area contributed by atoms with Gasteiger partial charge in [-0.1, -0.05) is 48.0 Å². The second kappa shape index (κ2) is 7.13. The summed E-state index contributed by atoms with van der Waals surface area (Å²) in [5.41, 5.74) is 1.92. The molecule has 0 radical (unpaired) electrons. The summed E-state index contributed by atoms with van der Waals surface area (Å²) in [6.07, 6.45) is 0. The van der Waals surface area contributed by atoms with E-state index in [4.69, 9.17) is 4.74 Å². The zero-order valence-corrected chi connectivity index (χ0v) is 17.2. The zero-order chi connectivity index (χ0) is 20.8. The first-order valence-corrected chi connectivity index (χ1v) is 10.8. The van der Waals surface area contributed by atoms with Crippen molar-refractivity contribution in [2.24, 2.45) is 0 Å². The molecule has 0 amide bonds. The molecule has 0 saturated heterocycles. The average Bonchev–Trinajstić information content (AvgIpc) is 2.67. The smallest absolute Gasteiger partial charge is 0.241 e. The quantitative estimate of drug-likeness (QED) is 0.695. The van der Waals surface area contributed by atoms with Crippen molar-refractivity contribution in [2.45, 2.75) is 31.7 Å². The first kappa shape index (κ1) is 19.4. The summed E-state index contributed by atoms with van der Waals surface area (Å²) in [5.74, 6) is 0.706. The van der Waals surface area contributed by atoms with Gasteiger partial charge in [0.25, 0.3) is 0 Å². The van der Waals surface area contributed by atoms with Crippen LogP contribution in [0.5, 0.6) is 5.75 Å². The van der Waals surface area contributed by atoms with Crippen LogP contribution in [0.25, 0.3) is 10.8 Å². The maximum absolute atomic E-state index is 13.1. The molecule has 1 heterocycles. The number of allylic oxidation sites excluding steroid dienone is 1. The van der Waals surface area contributed by atoms with Gasteiger partial charge in [0.05, 0.1) is 16.5 Å². The zero-order valence-electron chi connectivity index (χ0n) is 16.4. The molecule has 1 aliphatic rings. The van der Waals surface area contributed by atoms with Gasteiger partial charge < -0.3 is 4.74 Å². The van der Waals surface area contributed by atoms with E-state index in [9.17, 15) is 13.2 Å². The third kappa shape index (κ3) is 3.45. The van der Waals surface area contributed by atoms with Crippen molar-refractivity contribution in [3.05, 3.63) is 83.1 Å². The molecule has 3 aromatic carbocycles. The van der Waals surface area contributed by atoms with Crippen LogP contribution in [0.2, 0.25) is 0 Å². The summed E-state index contributed by atoms with van der Waals surface area (Å²) in [7, 11) is -3.87. The highest BCUT2D eigenvalue weighted by molar-refractivity contribution is 7.89. The number of carbonyl (C=O) groups is 1. The first-order chi connectivity index (χ1) is 13.8. The van der Waals surface area contributed by atoms with Crippen LogP contribution in [0, 0.1) is 6.92 Å². The lowest BCUT2D eigenvalue weighted by atomic mass is 9.89. The van der Waals surface area contributed by atoms with E-state index < -0.39 is 16.1 Å². The molecule has 0 spiro atoms. The van der Waals surface area contributed by atoms with Crippen molar-refractivity contribution in [1.29, 1.82) is 0 Å². The van der Waals surface area contributed by atoms with Gasteiger partial charge in [0.15, 0.2) is 5.78 Å². The molecule has 4 rings (SSSR count). The fraction of sp³-hybridized carbons (Fsp3) is 0.174. The van der Waals surface area contributed by atoms with Gasteiger partial charge in [-0.15, -0.1) is 0 Å². The van der Waals surface area contributed by atoms with Crippen LogP contribution in [0.3, 0.4) is 0 Å². The number of hydrogen-bond donors (Lipinski definition) is 1. The number of benzene rings is 3. The van der Waals surface area contributed by atoms with E-state index in [1.807, 2.05) is 43.3 Å². The minimum Gasteiger partial charge on any atom is -0.461 e. The van der Waals surface area contributed by atoms with Gasteiger partial charge in [0.2, 0.25) is 10.0 Å². The minimum absolute atomic E-state index is 0.150. The summed E-state index contributed by atoms with van der Waals surface area (Å²) in [4.78, 5) is 12.6. The average molecular weight is 407 g/mol. The van der Waals surface area contributed by atoms with Crippen LogP contribution in [0.1, 0.15) is 31.0 Å². The third-order valence-electron chi connectivity index (χ3n) is 5.13. The topological polar surface area (TPSA) is 72.5 Å². The molecule has 29 heavy (non-hydrogen) atoms. The highest BCUT2D eigenvalue weighted by Gasteiger charge is 2.35. The van der Waals surface area contributed by atoms with Crippen molar-refractivity contribution in [2.75, 3.05) is 0 Å². The maximum atomic E-state index is 13.1. The summed E-state index contributed by atoms with van der Waals surface area (Å²) < 4.78 is 35.0. The minimum atomic E-state index is -3.87. The van der Waals surface area contributed by atoms with Gasteiger partial charge in [0, 0.05) is 5.56 Å². The molecule has 0 fully saturated rings. The largest absolute Gasteiger partial charge is 0.461 e. The standard InChI is InChI=1S/C23H21NO4S/c1-14-8-11-18(12-9-14)29(26,27)24-23-21(15(2)25)16(3)28-20-13-10-17-6-4-5-7-19(17)22(20)23/h4-13,23-24H,1-3H3. The third-order valence-corrected chi connectivity index (χ3v) is 6.57.